The molecule has 6 rings (SSSR count). The third kappa shape index (κ3) is 6.78. The summed E-state index contributed by atoms with van der Waals surface area (Å²) in [5.41, 5.74) is 3.89. The van der Waals surface area contributed by atoms with Crippen LogP contribution in [0.3, 0.4) is 0 Å². The van der Waals surface area contributed by atoms with Crippen molar-refractivity contribution in [1.29, 1.82) is 0 Å². The molecule has 1 fully saturated rings. The summed E-state index contributed by atoms with van der Waals surface area (Å²) in [6.07, 6.45) is 0. The molecule has 226 valence electrons. The second-order valence-electron chi connectivity index (χ2n) is 10.3. The second kappa shape index (κ2) is 13.2. The molecule has 1 atom stereocenters. The normalized spacial score (nSPS) is 15.9. The van der Waals surface area contributed by atoms with Gasteiger partial charge in [-0.15, -0.1) is 10.2 Å². The molecule has 1 saturated heterocycles. The third-order valence-corrected chi connectivity index (χ3v) is 9.50. The van der Waals surface area contributed by atoms with Crippen LogP contribution < -0.4 is 9.64 Å². The number of hydrogen-bond acceptors (Lipinski definition) is 8. The van der Waals surface area contributed by atoms with E-state index in [9.17, 15) is 19.1 Å². The van der Waals surface area contributed by atoms with Crippen LogP contribution in [0.4, 0.5) is 9.52 Å². The van der Waals surface area contributed by atoms with E-state index in [1.54, 1.807) is 60.7 Å². The van der Waals surface area contributed by atoms with Gasteiger partial charge < -0.3 is 9.84 Å². The number of nitrogens with zero attached hydrogens (tertiary/aromatic N) is 3. The van der Waals surface area contributed by atoms with Crippen LogP contribution in [-0.4, -0.2) is 27.0 Å². The van der Waals surface area contributed by atoms with Gasteiger partial charge in [-0.3, -0.25) is 14.5 Å². The van der Waals surface area contributed by atoms with E-state index < -0.39 is 17.7 Å². The molecule has 5 aromatic rings. The average molecular weight is 658 g/mol. The zero-order chi connectivity index (χ0) is 31.5. The van der Waals surface area contributed by atoms with Gasteiger partial charge in [0.25, 0.3) is 5.78 Å². The number of halogens is 2. The SMILES string of the molecule is Cc1cccc(COc2ccc(C(O)=C3C(=O)C(=O)N(c4nnc(SCc5ccc(F)cc5)s4)C3c3ccc(Cl)cc3)cc2)c1. The van der Waals surface area contributed by atoms with E-state index in [0.717, 1.165) is 28.0 Å². The van der Waals surface area contributed by atoms with Crippen LogP contribution in [0, 0.1) is 12.7 Å². The Labute approximate surface area is 272 Å². The summed E-state index contributed by atoms with van der Waals surface area (Å²) in [5, 5.41) is 20.6. The fraction of sp³-hybridized carbons (Fsp3) is 0.118. The van der Waals surface area contributed by atoms with Gasteiger partial charge >= 0.3 is 5.91 Å². The molecule has 0 aliphatic carbocycles. The third-order valence-electron chi connectivity index (χ3n) is 7.12. The van der Waals surface area contributed by atoms with Crippen molar-refractivity contribution >= 4 is 57.3 Å². The fourth-order valence-corrected chi connectivity index (χ4v) is 6.86. The van der Waals surface area contributed by atoms with Crippen LogP contribution in [0.15, 0.2) is 107 Å². The summed E-state index contributed by atoms with van der Waals surface area (Å²) in [4.78, 5) is 28.3. The number of aliphatic hydroxyl groups is 1. The molecule has 0 saturated carbocycles. The number of aromatic nitrogens is 2. The highest BCUT2D eigenvalue weighted by Crippen LogP contribution is 2.44. The molecular formula is C34H25ClFN3O4S2. The van der Waals surface area contributed by atoms with E-state index in [1.807, 2.05) is 31.2 Å². The lowest BCUT2D eigenvalue weighted by molar-refractivity contribution is -0.132. The highest BCUT2D eigenvalue weighted by Gasteiger charge is 2.48. The van der Waals surface area contributed by atoms with Gasteiger partial charge in [0.05, 0.1) is 11.6 Å². The topological polar surface area (TPSA) is 92.6 Å². The van der Waals surface area contributed by atoms with Gasteiger partial charge in [0.1, 0.15) is 23.9 Å². The van der Waals surface area contributed by atoms with E-state index in [0.29, 0.717) is 38.6 Å². The molecule has 1 N–H and O–H groups in total. The first kappa shape index (κ1) is 30.5. The minimum atomic E-state index is -0.970. The van der Waals surface area contributed by atoms with Crippen LogP contribution in [0.1, 0.15) is 33.9 Å². The van der Waals surface area contributed by atoms with Crippen molar-refractivity contribution in [1.82, 2.24) is 10.2 Å². The number of rotatable bonds is 9. The second-order valence-corrected chi connectivity index (χ2v) is 12.9. The number of anilines is 1. The summed E-state index contributed by atoms with van der Waals surface area (Å²) in [7, 11) is 0. The molecule has 0 bridgehead atoms. The lowest BCUT2D eigenvalue weighted by Gasteiger charge is -2.22. The van der Waals surface area contributed by atoms with Crippen molar-refractivity contribution in [3.63, 3.8) is 0 Å². The van der Waals surface area contributed by atoms with Crippen molar-refractivity contribution in [3.05, 3.63) is 141 Å². The molecule has 1 aromatic heterocycles. The number of ketones is 1. The number of carbonyl (C=O) groups is 2. The van der Waals surface area contributed by atoms with Crippen LogP contribution >= 0.6 is 34.7 Å². The minimum Gasteiger partial charge on any atom is -0.507 e. The van der Waals surface area contributed by atoms with Crippen LogP contribution in [0.25, 0.3) is 5.76 Å². The zero-order valence-electron chi connectivity index (χ0n) is 23.8. The largest absolute Gasteiger partial charge is 0.507 e. The van der Waals surface area contributed by atoms with Crippen molar-refractivity contribution in [2.45, 2.75) is 29.7 Å². The van der Waals surface area contributed by atoms with Crippen molar-refractivity contribution in [2.75, 3.05) is 4.90 Å². The van der Waals surface area contributed by atoms with Crippen LogP contribution in [0.5, 0.6) is 5.75 Å². The van der Waals surface area contributed by atoms with Crippen molar-refractivity contribution < 1.29 is 23.8 Å². The molecule has 1 unspecified atom stereocenters. The van der Waals surface area contributed by atoms with Crippen molar-refractivity contribution in [2.24, 2.45) is 0 Å². The summed E-state index contributed by atoms with van der Waals surface area (Å²) < 4.78 is 19.7. The van der Waals surface area contributed by atoms with E-state index in [4.69, 9.17) is 16.3 Å². The Balaban J connectivity index is 1.29. The molecule has 45 heavy (non-hydrogen) atoms. The van der Waals surface area contributed by atoms with Crippen LogP contribution in [0.2, 0.25) is 5.02 Å². The first-order valence-electron chi connectivity index (χ1n) is 13.8. The summed E-state index contributed by atoms with van der Waals surface area (Å²) in [6.45, 7) is 2.39. The fourth-order valence-electron chi connectivity index (χ4n) is 4.91. The van der Waals surface area contributed by atoms with Gasteiger partial charge in [-0.2, -0.15) is 0 Å². The first-order chi connectivity index (χ1) is 21.8. The Morgan fingerprint density at radius 1 is 0.978 bits per heavy atom. The van der Waals surface area contributed by atoms with Gasteiger partial charge in [0, 0.05) is 16.3 Å². The Bertz CT molecular complexity index is 1890. The van der Waals surface area contributed by atoms with E-state index in [1.165, 1.54) is 28.8 Å². The number of benzene rings is 4. The number of carbonyl (C=O) groups excluding carboxylic acids is 2. The molecule has 1 aliphatic heterocycles. The number of hydrogen-bond donors (Lipinski definition) is 1. The quantitative estimate of drug-likeness (QED) is 0.0562. The van der Waals surface area contributed by atoms with Gasteiger partial charge in [-0.1, -0.05) is 88.8 Å². The molecule has 2 heterocycles. The highest BCUT2D eigenvalue weighted by atomic mass is 35.5. The van der Waals surface area contributed by atoms with Gasteiger partial charge in [-0.05, 0) is 72.1 Å². The summed E-state index contributed by atoms with van der Waals surface area (Å²) in [5.74, 6) is -1.22. The number of Topliss-reactive ketones (excluding diaryl/α,β-unsaturated/α-hetero) is 1. The number of amides is 1. The molecule has 4 aromatic carbocycles. The Morgan fingerprint density at radius 2 is 1.71 bits per heavy atom. The average Bonchev–Trinajstić information content (AvgIpc) is 3.62. The predicted molar refractivity (Wildman–Crippen MR) is 174 cm³/mol. The molecule has 7 nitrogen and oxygen atoms in total. The lowest BCUT2D eigenvalue weighted by atomic mass is 9.95. The van der Waals surface area contributed by atoms with Crippen LogP contribution in [-0.2, 0) is 21.9 Å². The summed E-state index contributed by atoms with van der Waals surface area (Å²) >= 11 is 8.67. The van der Waals surface area contributed by atoms with Gasteiger partial charge in [0.2, 0.25) is 5.13 Å². The Morgan fingerprint density at radius 3 is 2.42 bits per heavy atom. The van der Waals surface area contributed by atoms with Crippen molar-refractivity contribution in [3.8, 4) is 5.75 Å². The molecule has 11 heteroatoms. The molecule has 0 spiro atoms. The smallest absolute Gasteiger partial charge is 0.301 e. The molecule has 0 radical (unpaired) electrons. The predicted octanol–water partition coefficient (Wildman–Crippen LogP) is 8.14. The maximum atomic E-state index is 13.5. The zero-order valence-corrected chi connectivity index (χ0v) is 26.2. The Hall–Kier alpha value is -4.51. The van der Waals surface area contributed by atoms with E-state index in [-0.39, 0.29) is 22.3 Å². The highest BCUT2D eigenvalue weighted by molar-refractivity contribution is 8.00. The monoisotopic (exact) mass is 657 g/mol. The van der Waals surface area contributed by atoms with E-state index >= 15 is 0 Å². The van der Waals surface area contributed by atoms with Gasteiger partial charge in [0.15, 0.2) is 4.34 Å². The number of thioether (sulfide) groups is 1. The Kier molecular flexibility index (Phi) is 8.97. The maximum Gasteiger partial charge on any atom is 0.301 e. The first-order valence-corrected chi connectivity index (χ1v) is 16.0. The van der Waals surface area contributed by atoms with Gasteiger partial charge in [-0.25, -0.2) is 4.39 Å². The molecular weight excluding hydrogens is 633 g/mol. The molecule has 1 aliphatic rings. The standard InChI is InChI=1S/C34H25ClFN3O4S2/c1-20-3-2-4-22(17-20)18-43-27-15-9-24(10-16-27)30(40)28-29(23-7-11-25(35)12-8-23)39(32(42)31(28)41)33-37-38-34(45-33)44-19-21-5-13-26(36)14-6-21/h2-17,29,40H,18-19H2,1H3. The number of aryl methyl sites for hydroxylation is 1. The maximum absolute atomic E-state index is 13.5. The minimum absolute atomic E-state index is 0.0773. The lowest BCUT2D eigenvalue weighted by Crippen LogP contribution is -2.29. The molecule has 1 amide bonds. The number of aliphatic hydroxyl groups excluding tert-OH is 1. The summed E-state index contributed by atoms with van der Waals surface area (Å²) in [6, 6.07) is 26.6. The number of ether oxygens (including phenoxy) is 1. The van der Waals surface area contributed by atoms with E-state index in [2.05, 4.69) is 10.2 Å².